The Kier molecular flexibility index (Phi) is 34.2. The highest BCUT2D eigenvalue weighted by atomic mass is 33.1. The summed E-state index contributed by atoms with van der Waals surface area (Å²) < 4.78 is 0. The fourth-order valence-corrected chi connectivity index (χ4v) is 13.7. The Morgan fingerprint density at radius 3 is 1.74 bits per heavy atom. The molecule has 13 atom stereocenters. The number of aliphatic hydroxyl groups excluding tert-OH is 2. The van der Waals surface area contributed by atoms with E-state index in [1.54, 1.807) is 30.3 Å². The zero-order chi connectivity index (χ0) is 78.5. The number of hydrogen-bond donors (Lipinski definition) is 20. The number of nitrogens with zero attached hydrogens (tertiary/aromatic N) is 2. The van der Waals surface area contributed by atoms with E-state index in [2.05, 4.69) is 63.8 Å². The van der Waals surface area contributed by atoms with Gasteiger partial charge in [-0.3, -0.25) is 91.1 Å². The van der Waals surface area contributed by atoms with Crippen LogP contribution in [0.5, 0.6) is 0 Å². The van der Waals surface area contributed by atoms with Crippen LogP contribution in [-0.4, -0.2) is 277 Å². The molecule has 4 aliphatic rings. The topological polar surface area (TPSA) is 671 Å². The second-order valence-electron chi connectivity index (χ2n) is 24.9. The summed E-state index contributed by atoms with van der Waals surface area (Å²) in [7, 11) is 1.29. The number of fused-ring (bicyclic) bond motifs is 1. The number of carboxylic acid groups (broad SMARTS) is 3. The van der Waals surface area contributed by atoms with Crippen molar-refractivity contribution in [1.82, 2.24) is 73.6 Å². The SMILES string of the molecule is NC(=O)CCC1NC(=O)[C@@H](NC(=O)[C@H](CC(N)=O)NC(=O)[C@H](CCC(=O)O)NC(=O)[C@@H]2CCCN2C(=O)[C@H](CO)NC(=O)[C@H](Cc2ccccc2)NC(=O)[C@@H]2CCC(=O)N2)CSSCC(C(=O)O)NC(=O)[C@@H]2CCCN2C(=O)[C@H](CCC(N)=O)NC(=O)C(CO)NC(=O)[C@H](CCC(=O)O)NC(=O)CNC1=O. The molecule has 106 heavy (non-hydrogen) atoms. The molecule has 0 aliphatic carbocycles. The van der Waals surface area contributed by atoms with Crippen LogP contribution in [0.4, 0.5) is 0 Å². The molecule has 0 aromatic heterocycles. The number of rotatable bonds is 30. The van der Waals surface area contributed by atoms with E-state index in [1.807, 2.05) is 0 Å². The van der Waals surface area contributed by atoms with Gasteiger partial charge in [-0.2, -0.15) is 0 Å². The highest BCUT2D eigenvalue weighted by Gasteiger charge is 2.43. The maximum absolute atomic E-state index is 14.5. The zero-order valence-electron chi connectivity index (χ0n) is 57.0. The highest BCUT2D eigenvalue weighted by molar-refractivity contribution is 8.76. The largest absolute Gasteiger partial charge is 0.481 e. The monoisotopic (exact) mass is 1530 g/mol. The van der Waals surface area contributed by atoms with Gasteiger partial charge in [0, 0.05) is 63.1 Å². The van der Waals surface area contributed by atoms with Gasteiger partial charge in [-0.15, -0.1) is 0 Å². The molecule has 4 heterocycles. The molecule has 1 aromatic rings. The van der Waals surface area contributed by atoms with E-state index in [1.165, 1.54) is 0 Å². The number of carbonyl (C=O) groups is 20. The number of amides is 17. The van der Waals surface area contributed by atoms with Crippen LogP contribution in [0.2, 0.25) is 0 Å². The number of nitrogens with one attached hydrogen (secondary N) is 12. The van der Waals surface area contributed by atoms with Gasteiger partial charge in [-0.1, -0.05) is 51.9 Å². The molecule has 0 saturated carbocycles. The number of carboxylic acids is 3. The molecule has 5 rings (SSSR count). The van der Waals surface area contributed by atoms with Gasteiger partial charge < -0.3 is 116 Å². The van der Waals surface area contributed by atoms with Crippen molar-refractivity contribution in [3.63, 3.8) is 0 Å². The third-order valence-electron chi connectivity index (χ3n) is 17.0. The number of aliphatic hydroxyl groups is 2. The second kappa shape index (κ2) is 42.3. The number of primary amides is 3. The van der Waals surface area contributed by atoms with E-state index in [0.29, 0.717) is 27.2 Å². The van der Waals surface area contributed by atoms with Crippen molar-refractivity contribution in [2.75, 3.05) is 44.4 Å². The lowest BCUT2D eigenvalue weighted by molar-refractivity contribution is -0.144. The molecule has 44 heteroatoms. The third-order valence-corrected chi connectivity index (χ3v) is 19.4. The lowest BCUT2D eigenvalue weighted by atomic mass is 10.0. The number of benzene rings is 1. The minimum atomic E-state index is -2.13. The molecule has 17 amide bonds. The first-order valence-corrected chi connectivity index (χ1v) is 35.9. The molecule has 0 spiro atoms. The first-order valence-electron chi connectivity index (χ1n) is 33.4. The minimum Gasteiger partial charge on any atom is -0.481 e. The highest BCUT2D eigenvalue weighted by Crippen LogP contribution is 2.26. The molecule has 42 nitrogen and oxygen atoms in total. The van der Waals surface area contributed by atoms with Crippen LogP contribution in [-0.2, 0) is 102 Å². The summed E-state index contributed by atoms with van der Waals surface area (Å²) in [5, 5.41) is 77.9. The van der Waals surface area contributed by atoms with Crippen LogP contribution >= 0.6 is 21.6 Å². The summed E-state index contributed by atoms with van der Waals surface area (Å²) in [6.07, 6.45) is -6.38. The molecule has 4 aliphatic heterocycles. The van der Waals surface area contributed by atoms with Gasteiger partial charge in [0.05, 0.1) is 26.2 Å². The maximum atomic E-state index is 14.5. The van der Waals surface area contributed by atoms with E-state index in [9.17, 15) is 121 Å². The Bertz CT molecular complexity index is 3490. The van der Waals surface area contributed by atoms with Gasteiger partial charge >= 0.3 is 17.9 Å². The Labute approximate surface area is 611 Å². The van der Waals surface area contributed by atoms with Crippen molar-refractivity contribution in [1.29, 1.82) is 0 Å². The lowest BCUT2D eigenvalue weighted by Gasteiger charge is -2.30. The molecule has 1 aromatic carbocycles. The number of nitrogens with two attached hydrogens (primary N) is 3. The molecule has 0 bridgehead atoms. The summed E-state index contributed by atoms with van der Waals surface area (Å²) >= 11 is 0. The van der Waals surface area contributed by atoms with Crippen LogP contribution in [0.1, 0.15) is 102 Å². The third kappa shape index (κ3) is 27.4. The number of aliphatic carboxylic acids is 3. The zero-order valence-corrected chi connectivity index (χ0v) is 58.6. The summed E-state index contributed by atoms with van der Waals surface area (Å²) in [4.78, 5) is 269. The molecule has 582 valence electrons. The van der Waals surface area contributed by atoms with Crippen LogP contribution in [0, 0.1) is 0 Å². The van der Waals surface area contributed by atoms with Crippen LogP contribution in [0.15, 0.2) is 30.3 Å². The molecule has 4 saturated heterocycles. The molecule has 3 unspecified atom stereocenters. The maximum Gasteiger partial charge on any atom is 0.327 e. The van der Waals surface area contributed by atoms with Crippen molar-refractivity contribution in [3.05, 3.63) is 35.9 Å². The Hall–Kier alpha value is -10.8. The average molecular weight is 1530 g/mol. The number of carbonyl (C=O) groups excluding carboxylic acids is 17. The summed E-state index contributed by atoms with van der Waals surface area (Å²) in [6, 6.07) is -13.8. The summed E-state index contributed by atoms with van der Waals surface area (Å²) in [6.45, 7) is -3.64. The molecule has 23 N–H and O–H groups in total. The Balaban J connectivity index is 1.43. The van der Waals surface area contributed by atoms with Gasteiger partial charge in [-0.05, 0) is 63.4 Å². The Morgan fingerprint density at radius 1 is 0.538 bits per heavy atom. The smallest absolute Gasteiger partial charge is 0.327 e. The van der Waals surface area contributed by atoms with Crippen molar-refractivity contribution >= 4 is 140 Å². The van der Waals surface area contributed by atoms with Crippen LogP contribution < -0.4 is 81.0 Å². The van der Waals surface area contributed by atoms with Crippen molar-refractivity contribution < 1.29 is 121 Å². The lowest BCUT2D eigenvalue weighted by Crippen LogP contribution is -2.61. The van der Waals surface area contributed by atoms with E-state index in [4.69, 9.17) is 17.2 Å². The Morgan fingerprint density at radius 2 is 1.12 bits per heavy atom. The second-order valence-corrected chi connectivity index (χ2v) is 27.5. The minimum absolute atomic E-state index is 0.0515. The fraction of sp³-hybridized carbons (Fsp3) is 0.581. The van der Waals surface area contributed by atoms with E-state index in [-0.39, 0.29) is 58.0 Å². The predicted octanol–water partition coefficient (Wildman–Crippen LogP) is -9.95. The first kappa shape index (κ1) is 85.9. The van der Waals surface area contributed by atoms with Crippen LogP contribution in [0.25, 0.3) is 0 Å². The van der Waals surface area contributed by atoms with Crippen molar-refractivity contribution in [2.24, 2.45) is 17.2 Å². The van der Waals surface area contributed by atoms with Gasteiger partial charge in [0.1, 0.15) is 78.5 Å². The molecular formula is C62H87N17O25S2. The van der Waals surface area contributed by atoms with Gasteiger partial charge in [0.2, 0.25) is 100 Å². The standard InChI is InChI=1S/C62H87N17O25S2/c63-43(82)15-10-30-50(91)66-24-47(86)68-32(13-18-48(87)88)52(93)74-37(25-80)56(97)71-34(11-16-44(64)83)60(101)78-20-4-9-42(78)59(100)77-40(62(103)104)28-106-105-27-39(57(98)69-30)76-55(96)36(23-45(65)84)73-53(94)33(14-19-49(89)90)70-58(99)41-8-5-21-79(41)61(102)38(26-81)75-54(95)35(22-29-6-2-1-3-7-29)72-51(92)31-12-17-46(85)67-31/h1-3,6-7,30-42,80-81H,4-5,8-28H2,(H2,63,82)(H2,64,83)(H2,65,84)(H,66,91)(H,67,85)(H,68,86)(H,69,98)(H,70,99)(H,71,97)(H,72,92)(H,73,94)(H,74,93)(H,75,95)(H,76,96)(H,77,100)(H,87,88)(H,89,90)(H,103,104)/t30?,31-,32-,33-,34-,35-,36-,37?,38-,39-,40?,41-,42-/m0/s1. The van der Waals surface area contributed by atoms with Crippen LogP contribution in [0.3, 0.4) is 0 Å². The average Bonchev–Trinajstić information content (AvgIpc) is 1.65. The molecular weight excluding hydrogens is 1450 g/mol. The van der Waals surface area contributed by atoms with Gasteiger partial charge in [0.15, 0.2) is 0 Å². The quantitative estimate of drug-likeness (QED) is 0.0318. The number of hydrogen-bond acceptors (Lipinski definition) is 24. The normalized spacial score (nSPS) is 23.5. The van der Waals surface area contributed by atoms with Crippen molar-refractivity contribution in [3.8, 4) is 0 Å². The number of likely N-dealkylation sites (tertiary alicyclic amines) is 1. The van der Waals surface area contributed by atoms with Gasteiger partial charge in [-0.25, -0.2) is 4.79 Å². The first-order chi connectivity index (χ1) is 50.2. The van der Waals surface area contributed by atoms with E-state index in [0.717, 1.165) is 9.80 Å². The molecule has 0 radical (unpaired) electrons. The fourth-order valence-electron chi connectivity index (χ4n) is 11.4. The van der Waals surface area contributed by atoms with E-state index >= 15 is 0 Å². The van der Waals surface area contributed by atoms with Crippen molar-refractivity contribution in [2.45, 2.75) is 181 Å². The summed E-state index contributed by atoms with van der Waals surface area (Å²) in [5.41, 5.74) is 16.8. The van der Waals surface area contributed by atoms with Gasteiger partial charge in [0.25, 0.3) is 0 Å². The predicted molar refractivity (Wildman–Crippen MR) is 364 cm³/mol. The summed E-state index contributed by atoms with van der Waals surface area (Å²) in [5.74, 6) is -24.5. The van der Waals surface area contributed by atoms with E-state index < -0.39 is 286 Å². The molecule has 4 fully saturated rings.